The minimum absolute atomic E-state index is 0.0477. The first-order chi connectivity index (χ1) is 8.52. The van der Waals surface area contributed by atoms with Gasteiger partial charge in [-0.1, -0.05) is 15.9 Å². The summed E-state index contributed by atoms with van der Waals surface area (Å²) in [5.41, 5.74) is 1.90. The van der Waals surface area contributed by atoms with Gasteiger partial charge in [-0.25, -0.2) is 0 Å². The molecule has 0 spiro atoms. The maximum atomic E-state index is 12.0. The van der Waals surface area contributed by atoms with E-state index in [0.717, 1.165) is 15.8 Å². The van der Waals surface area contributed by atoms with Crippen molar-refractivity contribution in [2.75, 3.05) is 37.0 Å². The van der Waals surface area contributed by atoms with E-state index in [4.69, 9.17) is 0 Å². The standard InChI is InChI=1S/C13H17BrN2O2/c1-15(2)11-4-3-10(14)6-12(11)16-7-9(8-17)5-13(16)18/h3-4,6,9,17H,5,7-8H2,1-2H3. The molecule has 1 fully saturated rings. The molecule has 5 heteroatoms. The van der Waals surface area contributed by atoms with Crippen LogP contribution in [-0.4, -0.2) is 38.3 Å². The number of anilines is 2. The molecule has 0 aromatic heterocycles. The number of hydrogen-bond donors (Lipinski definition) is 1. The first kappa shape index (κ1) is 13.4. The van der Waals surface area contributed by atoms with Crippen LogP contribution in [0.15, 0.2) is 22.7 Å². The zero-order valence-electron chi connectivity index (χ0n) is 10.6. The van der Waals surface area contributed by atoms with Gasteiger partial charge in [-0.05, 0) is 18.2 Å². The molecule has 4 nitrogen and oxygen atoms in total. The molecule has 0 bridgehead atoms. The lowest BCUT2D eigenvalue weighted by Crippen LogP contribution is -2.27. The van der Waals surface area contributed by atoms with E-state index < -0.39 is 0 Å². The Morgan fingerprint density at radius 2 is 2.22 bits per heavy atom. The summed E-state index contributed by atoms with van der Waals surface area (Å²) in [6, 6.07) is 5.90. The number of rotatable bonds is 3. The largest absolute Gasteiger partial charge is 0.396 e. The number of hydrogen-bond acceptors (Lipinski definition) is 3. The minimum atomic E-state index is 0.0477. The third-order valence-electron chi connectivity index (χ3n) is 3.17. The van der Waals surface area contributed by atoms with Gasteiger partial charge >= 0.3 is 0 Å². The van der Waals surface area contributed by atoms with Crippen molar-refractivity contribution >= 4 is 33.2 Å². The molecule has 1 unspecified atom stereocenters. The third-order valence-corrected chi connectivity index (χ3v) is 3.67. The highest BCUT2D eigenvalue weighted by atomic mass is 79.9. The van der Waals surface area contributed by atoms with E-state index in [1.54, 1.807) is 4.90 Å². The van der Waals surface area contributed by atoms with E-state index in [0.29, 0.717) is 13.0 Å². The monoisotopic (exact) mass is 312 g/mol. The molecule has 1 aromatic rings. The van der Waals surface area contributed by atoms with Gasteiger partial charge in [0.1, 0.15) is 0 Å². The Labute approximate surface area is 115 Å². The number of carbonyl (C=O) groups excluding carboxylic acids is 1. The quantitative estimate of drug-likeness (QED) is 0.926. The number of carbonyl (C=O) groups is 1. The Morgan fingerprint density at radius 3 is 2.78 bits per heavy atom. The highest BCUT2D eigenvalue weighted by Gasteiger charge is 2.31. The van der Waals surface area contributed by atoms with E-state index in [1.807, 2.05) is 37.2 Å². The Hall–Kier alpha value is -1.07. The second-order valence-electron chi connectivity index (χ2n) is 4.78. The Morgan fingerprint density at radius 1 is 1.50 bits per heavy atom. The van der Waals surface area contributed by atoms with Gasteiger partial charge in [0, 0.05) is 44.1 Å². The molecule has 1 aliphatic rings. The van der Waals surface area contributed by atoms with Gasteiger partial charge in [0.15, 0.2) is 0 Å². The van der Waals surface area contributed by atoms with Crippen LogP contribution in [0.25, 0.3) is 0 Å². The van der Waals surface area contributed by atoms with Gasteiger partial charge in [-0.15, -0.1) is 0 Å². The fourth-order valence-electron chi connectivity index (χ4n) is 2.23. The molecule has 1 aromatic carbocycles. The average molecular weight is 313 g/mol. The van der Waals surface area contributed by atoms with Crippen LogP contribution in [0.1, 0.15) is 6.42 Å². The van der Waals surface area contributed by atoms with Crippen molar-refractivity contribution in [3.63, 3.8) is 0 Å². The summed E-state index contributed by atoms with van der Waals surface area (Å²) < 4.78 is 0.948. The summed E-state index contributed by atoms with van der Waals surface area (Å²) in [6.07, 6.45) is 0.426. The van der Waals surface area contributed by atoms with Gasteiger partial charge in [-0.2, -0.15) is 0 Å². The molecule has 2 rings (SSSR count). The predicted octanol–water partition coefficient (Wildman–Crippen LogP) is 1.86. The molecule has 98 valence electrons. The third kappa shape index (κ3) is 2.52. The highest BCUT2D eigenvalue weighted by molar-refractivity contribution is 9.10. The first-order valence-electron chi connectivity index (χ1n) is 5.91. The van der Waals surface area contributed by atoms with Crippen molar-refractivity contribution in [2.24, 2.45) is 5.92 Å². The molecule has 1 saturated heterocycles. The van der Waals surface area contributed by atoms with Crippen LogP contribution in [0.4, 0.5) is 11.4 Å². The maximum Gasteiger partial charge on any atom is 0.227 e. The normalized spacial score (nSPS) is 19.4. The number of aliphatic hydroxyl groups is 1. The smallest absolute Gasteiger partial charge is 0.227 e. The number of amides is 1. The molecule has 0 radical (unpaired) electrons. The average Bonchev–Trinajstić information content (AvgIpc) is 2.70. The molecule has 1 N–H and O–H groups in total. The van der Waals surface area contributed by atoms with Crippen LogP contribution in [0.3, 0.4) is 0 Å². The molecule has 1 aliphatic heterocycles. The second-order valence-corrected chi connectivity index (χ2v) is 5.70. The Kier molecular flexibility index (Phi) is 3.92. The Bertz CT molecular complexity index is 462. The summed E-state index contributed by atoms with van der Waals surface area (Å²) >= 11 is 3.44. The fourth-order valence-corrected chi connectivity index (χ4v) is 2.58. The lowest BCUT2D eigenvalue weighted by Gasteiger charge is -2.24. The molecule has 0 saturated carbocycles. The van der Waals surface area contributed by atoms with E-state index in [1.165, 1.54) is 0 Å². The number of aliphatic hydroxyl groups excluding tert-OH is 1. The minimum Gasteiger partial charge on any atom is -0.396 e. The number of nitrogens with zero attached hydrogens (tertiary/aromatic N) is 2. The van der Waals surface area contributed by atoms with Crippen LogP contribution in [-0.2, 0) is 4.79 Å². The van der Waals surface area contributed by atoms with E-state index in [9.17, 15) is 9.90 Å². The zero-order valence-corrected chi connectivity index (χ0v) is 12.1. The molecule has 0 aliphatic carbocycles. The molecule has 1 heterocycles. The number of benzene rings is 1. The van der Waals surface area contributed by atoms with E-state index in [-0.39, 0.29) is 18.4 Å². The van der Waals surface area contributed by atoms with Crippen molar-refractivity contribution in [2.45, 2.75) is 6.42 Å². The summed E-state index contributed by atoms with van der Waals surface area (Å²) in [6.45, 7) is 0.653. The lowest BCUT2D eigenvalue weighted by molar-refractivity contribution is -0.117. The summed E-state index contributed by atoms with van der Waals surface area (Å²) in [4.78, 5) is 15.8. The van der Waals surface area contributed by atoms with Crippen LogP contribution < -0.4 is 9.80 Å². The number of halogens is 1. The fraction of sp³-hybridized carbons (Fsp3) is 0.462. The van der Waals surface area contributed by atoms with Gasteiger partial charge < -0.3 is 14.9 Å². The van der Waals surface area contributed by atoms with Gasteiger partial charge in [0.05, 0.1) is 11.4 Å². The zero-order chi connectivity index (χ0) is 13.3. The van der Waals surface area contributed by atoms with Crippen LogP contribution in [0.2, 0.25) is 0 Å². The van der Waals surface area contributed by atoms with Crippen molar-refractivity contribution in [1.82, 2.24) is 0 Å². The molecule has 18 heavy (non-hydrogen) atoms. The van der Waals surface area contributed by atoms with Crippen LogP contribution in [0, 0.1) is 5.92 Å². The predicted molar refractivity (Wildman–Crippen MR) is 76.0 cm³/mol. The lowest BCUT2D eigenvalue weighted by atomic mass is 10.1. The van der Waals surface area contributed by atoms with Crippen molar-refractivity contribution in [1.29, 1.82) is 0 Å². The second kappa shape index (κ2) is 5.28. The molecular formula is C13H17BrN2O2. The molecular weight excluding hydrogens is 296 g/mol. The van der Waals surface area contributed by atoms with Crippen molar-refractivity contribution < 1.29 is 9.90 Å². The maximum absolute atomic E-state index is 12.0. The van der Waals surface area contributed by atoms with Crippen LogP contribution in [0.5, 0.6) is 0 Å². The topological polar surface area (TPSA) is 43.8 Å². The van der Waals surface area contributed by atoms with Crippen molar-refractivity contribution in [3.8, 4) is 0 Å². The first-order valence-corrected chi connectivity index (χ1v) is 6.70. The molecule has 1 atom stereocenters. The summed E-state index contributed by atoms with van der Waals surface area (Å²) in [5.74, 6) is 0.127. The highest BCUT2D eigenvalue weighted by Crippen LogP contribution is 2.35. The summed E-state index contributed by atoms with van der Waals surface area (Å²) in [7, 11) is 3.91. The SMILES string of the molecule is CN(C)c1ccc(Br)cc1N1CC(CO)CC1=O. The van der Waals surface area contributed by atoms with Gasteiger partial charge in [0.2, 0.25) is 5.91 Å². The van der Waals surface area contributed by atoms with Crippen LogP contribution >= 0.6 is 15.9 Å². The van der Waals surface area contributed by atoms with E-state index in [2.05, 4.69) is 15.9 Å². The van der Waals surface area contributed by atoms with Gasteiger partial charge in [0.25, 0.3) is 0 Å². The molecule has 1 amide bonds. The van der Waals surface area contributed by atoms with Crippen molar-refractivity contribution in [3.05, 3.63) is 22.7 Å². The Balaban J connectivity index is 2.38. The van der Waals surface area contributed by atoms with E-state index >= 15 is 0 Å². The van der Waals surface area contributed by atoms with Gasteiger partial charge in [-0.3, -0.25) is 4.79 Å². The summed E-state index contributed by atoms with van der Waals surface area (Å²) in [5, 5.41) is 9.18.